The molecule has 0 unspecified atom stereocenters. The van der Waals surface area contributed by atoms with Crippen molar-refractivity contribution in [2.45, 2.75) is 25.7 Å². The predicted octanol–water partition coefficient (Wildman–Crippen LogP) is 0.531. The average Bonchev–Trinajstić information content (AvgIpc) is 2.02. The summed E-state index contributed by atoms with van der Waals surface area (Å²) in [6, 6.07) is 0. The van der Waals surface area contributed by atoms with Gasteiger partial charge in [-0.2, -0.15) is 0 Å². The zero-order valence-corrected chi connectivity index (χ0v) is 6.65. The molecule has 0 fully saturated rings. The smallest absolute Gasteiger partial charge is 0.303 e. The van der Waals surface area contributed by atoms with Crippen LogP contribution >= 0.6 is 0 Å². The molecular formula is C7H12O5. The van der Waals surface area contributed by atoms with Crippen molar-refractivity contribution >= 4 is 18.7 Å². The van der Waals surface area contributed by atoms with Gasteiger partial charge in [-0.1, -0.05) is 0 Å². The molecule has 0 amide bonds. The van der Waals surface area contributed by atoms with Gasteiger partial charge in [-0.05, 0) is 12.8 Å². The van der Waals surface area contributed by atoms with E-state index >= 15 is 0 Å². The molecule has 5 heteroatoms. The third-order valence-corrected chi connectivity index (χ3v) is 1.03. The first kappa shape index (κ1) is 13.2. The van der Waals surface area contributed by atoms with E-state index < -0.39 is 11.9 Å². The third kappa shape index (κ3) is 15.8. The molecule has 2 N–H and O–H groups in total. The highest BCUT2D eigenvalue weighted by Crippen LogP contribution is 1.98. The Morgan fingerprint density at radius 2 is 1.17 bits per heavy atom. The summed E-state index contributed by atoms with van der Waals surface area (Å²) in [5, 5.41) is 16.3. The van der Waals surface area contributed by atoms with Gasteiger partial charge in [0.15, 0.2) is 0 Å². The molecule has 5 nitrogen and oxygen atoms in total. The van der Waals surface area contributed by atoms with Crippen molar-refractivity contribution in [2.75, 3.05) is 0 Å². The van der Waals surface area contributed by atoms with Crippen LogP contribution in [0.4, 0.5) is 0 Å². The number of hydrogen-bond acceptors (Lipinski definition) is 3. The molecule has 0 spiro atoms. The topological polar surface area (TPSA) is 91.7 Å². The fourth-order valence-corrected chi connectivity index (χ4v) is 0.552. The fraction of sp³-hybridized carbons (Fsp3) is 0.571. The van der Waals surface area contributed by atoms with Gasteiger partial charge >= 0.3 is 11.9 Å². The average molecular weight is 176 g/mol. The monoisotopic (exact) mass is 176 g/mol. The molecule has 12 heavy (non-hydrogen) atoms. The maximum Gasteiger partial charge on any atom is 0.303 e. The Hall–Kier alpha value is -1.39. The Morgan fingerprint density at radius 1 is 0.917 bits per heavy atom. The minimum absolute atomic E-state index is 0.0628. The quantitative estimate of drug-likeness (QED) is 0.596. The number of carbonyl (C=O) groups is 3. The van der Waals surface area contributed by atoms with Crippen molar-refractivity contribution in [3.63, 3.8) is 0 Å². The Labute approximate surface area is 70.0 Å². The van der Waals surface area contributed by atoms with Gasteiger partial charge in [0.1, 0.15) is 6.79 Å². The lowest BCUT2D eigenvalue weighted by Gasteiger charge is -1.92. The van der Waals surface area contributed by atoms with Crippen molar-refractivity contribution in [2.24, 2.45) is 0 Å². The van der Waals surface area contributed by atoms with E-state index in [9.17, 15) is 9.59 Å². The summed E-state index contributed by atoms with van der Waals surface area (Å²) < 4.78 is 0. The van der Waals surface area contributed by atoms with Crippen LogP contribution in [0.2, 0.25) is 0 Å². The van der Waals surface area contributed by atoms with Crippen LogP contribution in [0.3, 0.4) is 0 Å². The molecule has 0 saturated heterocycles. The van der Waals surface area contributed by atoms with E-state index in [0.29, 0.717) is 12.8 Å². The van der Waals surface area contributed by atoms with E-state index in [4.69, 9.17) is 15.0 Å². The molecule has 0 aliphatic carbocycles. The van der Waals surface area contributed by atoms with Crippen molar-refractivity contribution in [3.05, 3.63) is 0 Å². The van der Waals surface area contributed by atoms with Crippen LogP contribution in [-0.2, 0) is 14.4 Å². The third-order valence-electron chi connectivity index (χ3n) is 1.03. The molecular weight excluding hydrogens is 164 g/mol. The van der Waals surface area contributed by atoms with Gasteiger partial charge in [0.2, 0.25) is 0 Å². The Morgan fingerprint density at radius 3 is 1.33 bits per heavy atom. The minimum Gasteiger partial charge on any atom is -0.481 e. The Balaban J connectivity index is 0. The van der Waals surface area contributed by atoms with E-state index in [1.165, 1.54) is 0 Å². The van der Waals surface area contributed by atoms with Crippen LogP contribution in [0.15, 0.2) is 0 Å². The zero-order valence-electron chi connectivity index (χ0n) is 6.65. The molecule has 0 aliphatic rings. The molecule has 0 atom stereocenters. The number of carboxylic acids is 2. The van der Waals surface area contributed by atoms with Crippen LogP contribution < -0.4 is 0 Å². The van der Waals surface area contributed by atoms with Gasteiger partial charge in [-0.25, -0.2) is 0 Å². The van der Waals surface area contributed by atoms with E-state index in [0.717, 1.165) is 0 Å². The van der Waals surface area contributed by atoms with Gasteiger partial charge in [0.05, 0.1) is 0 Å². The zero-order chi connectivity index (χ0) is 9.98. The second kappa shape index (κ2) is 9.61. The maximum atomic E-state index is 9.90. The van der Waals surface area contributed by atoms with Gasteiger partial charge in [0, 0.05) is 12.8 Å². The molecule has 0 aliphatic heterocycles. The first-order chi connectivity index (χ1) is 5.63. The summed E-state index contributed by atoms with van der Waals surface area (Å²) in [5.74, 6) is -1.74. The van der Waals surface area contributed by atoms with Gasteiger partial charge in [-0.3, -0.25) is 9.59 Å². The second-order valence-electron chi connectivity index (χ2n) is 1.99. The maximum absolute atomic E-state index is 9.90. The van der Waals surface area contributed by atoms with Gasteiger partial charge < -0.3 is 15.0 Å². The summed E-state index contributed by atoms with van der Waals surface area (Å²) >= 11 is 0. The first-order valence-electron chi connectivity index (χ1n) is 3.35. The molecule has 0 radical (unpaired) electrons. The van der Waals surface area contributed by atoms with Crippen LogP contribution in [0, 0.1) is 0 Å². The van der Waals surface area contributed by atoms with Crippen LogP contribution in [0.5, 0.6) is 0 Å². The lowest BCUT2D eigenvalue weighted by molar-refractivity contribution is -0.139. The van der Waals surface area contributed by atoms with E-state index in [1.54, 1.807) is 0 Å². The lowest BCUT2D eigenvalue weighted by atomic mass is 10.2. The summed E-state index contributed by atoms with van der Waals surface area (Å²) in [7, 11) is 0. The SMILES string of the molecule is C=O.O=C(O)CCCCC(=O)O. The van der Waals surface area contributed by atoms with Crippen LogP contribution in [0.25, 0.3) is 0 Å². The van der Waals surface area contributed by atoms with E-state index in [2.05, 4.69) is 0 Å². The first-order valence-corrected chi connectivity index (χ1v) is 3.35. The van der Waals surface area contributed by atoms with Crippen molar-refractivity contribution in [1.29, 1.82) is 0 Å². The van der Waals surface area contributed by atoms with E-state index in [-0.39, 0.29) is 12.8 Å². The van der Waals surface area contributed by atoms with Crippen LogP contribution in [-0.4, -0.2) is 28.9 Å². The molecule has 0 bridgehead atoms. The molecule has 0 saturated carbocycles. The number of rotatable bonds is 5. The molecule has 70 valence electrons. The van der Waals surface area contributed by atoms with Crippen molar-refractivity contribution in [1.82, 2.24) is 0 Å². The molecule has 0 aromatic carbocycles. The molecule has 0 aromatic rings. The fourth-order valence-electron chi connectivity index (χ4n) is 0.552. The largest absolute Gasteiger partial charge is 0.481 e. The second-order valence-corrected chi connectivity index (χ2v) is 1.99. The minimum atomic E-state index is -0.870. The standard InChI is InChI=1S/C6H10O4.CH2O/c7-5(8)3-1-2-4-6(9)10;1-2/h1-4H2,(H,7,8)(H,9,10);1H2. The van der Waals surface area contributed by atoms with Gasteiger partial charge in [-0.15, -0.1) is 0 Å². The summed E-state index contributed by atoms with van der Waals surface area (Å²) in [6.07, 6.45) is 1.02. The summed E-state index contributed by atoms with van der Waals surface area (Å²) in [4.78, 5) is 27.8. The molecule has 0 aromatic heterocycles. The summed E-state index contributed by atoms with van der Waals surface area (Å²) in [5.41, 5.74) is 0. The van der Waals surface area contributed by atoms with Gasteiger partial charge in [0.25, 0.3) is 0 Å². The van der Waals surface area contributed by atoms with Crippen molar-refractivity contribution in [3.8, 4) is 0 Å². The number of aliphatic carboxylic acids is 2. The van der Waals surface area contributed by atoms with Crippen molar-refractivity contribution < 1.29 is 24.6 Å². The lowest BCUT2D eigenvalue weighted by Crippen LogP contribution is -1.97. The number of carboxylic acid groups (broad SMARTS) is 2. The summed E-state index contributed by atoms with van der Waals surface area (Å²) in [6.45, 7) is 2.00. The number of hydrogen-bond donors (Lipinski definition) is 2. The number of unbranched alkanes of at least 4 members (excludes halogenated alkanes) is 1. The van der Waals surface area contributed by atoms with E-state index in [1.807, 2.05) is 6.79 Å². The number of carbonyl (C=O) groups excluding carboxylic acids is 1. The Kier molecular flexibility index (Phi) is 10.6. The Bertz CT molecular complexity index is 127. The van der Waals surface area contributed by atoms with Crippen LogP contribution in [0.1, 0.15) is 25.7 Å². The highest BCUT2D eigenvalue weighted by molar-refractivity contribution is 5.67. The normalized spacial score (nSPS) is 8.00. The predicted molar refractivity (Wildman–Crippen MR) is 40.9 cm³/mol. The molecule has 0 rings (SSSR count). The highest BCUT2D eigenvalue weighted by Gasteiger charge is 1.99. The highest BCUT2D eigenvalue weighted by atomic mass is 16.4. The molecule has 0 heterocycles.